The summed E-state index contributed by atoms with van der Waals surface area (Å²) in [5, 5.41) is 20.1. The molecule has 162 valence electrons. The Morgan fingerprint density at radius 1 is 1.26 bits per heavy atom. The lowest BCUT2D eigenvalue weighted by atomic mass is 10.1. The van der Waals surface area contributed by atoms with Crippen LogP contribution in [0.1, 0.15) is 22.2 Å². The van der Waals surface area contributed by atoms with Gasteiger partial charge in [0.1, 0.15) is 23.4 Å². The average molecular weight is 568 g/mol. The quantitative estimate of drug-likeness (QED) is 0.135. The molecule has 0 radical (unpaired) electrons. The first-order chi connectivity index (χ1) is 14.8. The van der Waals surface area contributed by atoms with E-state index in [9.17, 15) is 10.1 Å². The van der Waals surface area contributed by atoms with Crippen LogP contribution < -0.4 is 4.74 Å². The number of benzene rings is 2. The van der Waals surface area contributed by atoms with Gasteiger partial charge in [0.2, 0.25) is 6.54 Å². The molecule has 1 aromatic heterocycles. The molecule has 0 unspecified atom stereocenters. The summed E-state index contributed by atoms with van der Waals surface area (Å²) in [6.07, 6.45) is 1.65. The Labute approximate surface area is 201 Å². The molecular formula is C21H20Br2N4O3S. The van der Waals surface area contributed by atoms with Gasteiger partial charge < -0.3 is 4.74 Å². The van der Waals surface area contributed by atoms with Crippen LogP contribution >= 0.6 is 43.6 Å². The number of hydrogen-bond donors (Lipinski definition) is 0. The van der Waals surface area contributed by atoms with E-state index in [1.807, 2.05) is 54.8 Å². The van der Waals surface area contributed by atoms with Crippen molar-refractivity contribution >= 4 is 43.6 Å². The highest BCUT2D eigenvalue weighted by atomic mass is 79.9. The van der Waals surface area contributed by atoms with E-state index in [4.69, 9.17) is 4.74 Å². The number of nitrogens with zero attached hydrogens (tertiary/aromatic N) is 4. The average Bonchev–Trinajstić information content (AvgIpc) is 3.06. The molecule has 1 atom stereocenters. The van der Waals surface area contributed by atoms with Crippen LogP contribution in [0, 0.1) is 24.0 Å². The van der Waals surface area contributed by atoms with Gasteiger partial charge in [-0.1, -0.05) is 36.5 Å². The van der Waals surface area contributed by atoms with E-state index in [0.717, 1.165) is 16.8 Å². The molecule has 10 heteroatoms. The zero-order valence-electron chi connectivity index (χ0n) is 16.9. The SMILES string of the molecule is C=CCOc1c(Br)cc([C@H](C[N+](=O)[O-])Sc2nnc(C)n2-c2cccc(C)c2)cc1Br. The predicted molar refractivity (Wildman–Crippen MR) is 129 cm³/mol. The topological polar surface area (TPSA) is 83.1 Å². The molecule has 0 N–H and O–H groups in total. The Bertz CT molecular complexity index is 1100. The van der Waals surface area contributed by atoms with Crippen LogP contribution in [0.5, 0.6) is 5.75 Å². The number of halogens is 2. The van der Waals surface area contributed by atoms with Crippen molar-refractivity contribution in [3.63, 3.8) is 0 Å². The number of aromatic nitrogens is 3. The van der Waals surface area contributed by atoms with Crippen LogP contribution in [-0.2, 0) is 0 Å². The van der Waals surface area contributed by atoms with E-state index < -0.39 is 5.25 Å². The van der Waals surface area contributed by atoms with Gasteiger partial charge in [0, 0.05) is 10.6 Å². The minimum Gasteiger partial charge on any atom is -0.487 e. The first-order valence-electron chi connectivity index (χ1n) is 9.30. The van der Waals surface area contributed by atoms with Gasteiger partial charge in [-0.05, 0) is 81.1 Å². The van der Waals surface area contributed by atoms with Crippen molar-refractivity contribution < 1.29 is 9.66 Å². The van der Waals surface area contributed by atoms with E-state index in [0.29, 0.717) is 32.3 Å². The molecule has 0 saturated heterocycles. The monoisotopic (exact) mass is 566 g/mol. The molecule has 0 bridgehead atoms. The summed E-state index contributed by atoms with van der Waals surface area (Å²) in [4.78, 5) is 11.1. The zero-order valence-corrected chi connectivity index (χ0v) is 20.9. The third-order valence-corrected chi connectivity index (χ3v) is 6.71. The molecule has 0 spiro atoms. The smallest absolute Gasteiger partial charge is 0.220 e. The molecule has 2 aromatic carbocycles. The fourth-order valence-corrected chi connectivity index (χ4v) is 5.61. The summed E-state index contributed by atoms with van der Waals surface area (Å²) in [6.45, 7) is 7.61. The molecule has 0 aliphatic rings. The Kier molecular flexibility index (Phi) is 7.90. The fourth-order valence-electron chi connectivity index (χ4n) is 3.00. The maximum atomic E-state index is 11.4. The van der Waals surface area contributed by atoms with Crippen LogP contribution in [0.2, 0.25) is 0 Å². The first kappa shape index (κ1) is 23.5. The molecule has 0 aliphatic heterocycles. The number of nitro groups is 1. The summed E-state index contributed by atoms with van der Waals surface area (Å²) < 4.78 is 8.97. The van der Waals surface area contributed by atoms with Crippen LogP contribution in [-0.4, -0.2) is 32.8 Å². The van der Waals surface area contributed by atoms with Gasteiger partial charge in [0.05, 0.1) is 8.95 Å². The van der Waals surface area contributed by atoms with Crippen LogP contribution in [0.25, 0.3) is 5.69 Å². The van der Waals surface area contributed by atoms with Crippen molar-refractivity contribution in [1.82, 2.24) is 14.8 Å². The molecular weight excluding hydrogens is 548 g/mol. The summed E-state index contributed by atoms with van der Waals surface area (Å²) in [5.41, 5.74) is 2.79. The van der Waals surface area contributed by atoms with Gasteiger partial charge >= 0.3 is 0 Å². The fraction of sp³-hybridized carbons (Fsp3) is 0.238. The summed E-state index contributed by atoms with van der Waals surface area (Å²) >= 11 is 8.33. The largest absolute Gasteiger partial charge is 0.487 e. The Morgan fingerprint density at radius 3 is 2.58 bits per heavy atom. The van der Waals surface area contributed by atoms with Crippen molar-refractivity contribution in [2.75, 3.05) is 13.2 Å². The van der Waals surface area contributed by atoms with E-state index >= 15 is 0 Å². The second-order valence-electron chi connectivity index (χ2n) is 6.74. The van der Waals surface area contributed by atoms with Gasteiger partial charge in [0.15, 0.2) is 5.16 Å². The molecule has 1 heterocycles. The molecule has 31 heavy (non-hydrogen) atoms. The van der Waals surface area contributed by atoms with Crippen LogP contribution in [0.3, 0.4) is 0 Å². The van der Waals surface area contributed by atoms with Crippen molar-refractivity contribution in [3.05, 3.63) is 85.1 Å². The molecule has 0 fully saturated rings. The highest BCUT2D eigenvalue weighted by Gasteiger charge is 2.25. The van der Waals surface area contributed by atoms with E-state index in [-0.39, 0.29) is 11.5 Å². The molecule has 0 aliphatic carbocycles. The second-order valence-corrected chi connectivity index (χ2v) is 9.62. The molecule has 0 amide bonds. The van der Waals surface area contributed by atoms with Gasteiger partial charge in [-0.15, -0.1) is 10.2 Å². The summed E-state index contributed by atoms with van der Waals surface area (Å²) in [6, 6.07) is 11.6. The molecule has 3 aromatic rings. The van der Waals surface area contributed by atoms with Crippen LogP contribution in [0.15, 0.2) is 63.2 Å². The van der Waals surface area contributed by atoms with Crippen molar-refractivity contribution in [1.29, 1.82) is 0 Å². The van der Waals surface area contributed by atoms with E-state index in [1.165, 1.54) is 11.8 Å². The van der Waals surface area contributed by atoms with Gasteiger partial charge in [0.25, 0.3) is 0 Å². The third kappa shape index (κ3) is 5.75. The second kappa shape index (κ2) is 10.4. The minimum atomic E-state index is -0.483. The van der Waals surface area contributed by atoms with Crippen molar-refractivity contribution in [2.45, 2.75) is 24.3 Å². The molecule has 3 rings (SSSR count). The minimum absolute atomic E-state index is 0.268. The third-order valence-electron chi connectivity index (χ3n) is 4.36. The predicted octanol–water partition coefficient (Wildman–Crippen LogP) is 6.08. The number of thioether (sulfide) groups is 1. The highest BCUT2D eigenvalue weighted by molar-refractivity contribution is 9.11. The molecule has 0 saturated carbocycles. The van der Waals surface area contributed by atoms with E-state index in [1.54, 1.807) is 6.08 Å². The van der Waals surface area contributed by atoms with Crippen molar-refractivity contribution in [3.8, 4) is 11.4 Å². The van der Waals surface area contributed by atoms with Gasteiger partial charge in [-0.25, -0.2) is 0 Å². The Morgan fingerprint density at radius 2 is 1.97 bits per heavy atom. The van der Waals surface area contributed by atoms with Crippen LogP contribution in [0.4, 0.5) is 0 Å². The maximum absolute atomic E-state index is 11.4. The number of hydrogen-bond acceptors (Lipinski definition) is 6. The van der Waals surface area contributed by atoms with Gasteiger partial charge in [-0.2, -0.15) is 0 Å². The number of ether oxygens (including phenoxy) is 1. The summed E-state index contributed by atoms with van der Waals surface area (Å²) in [7, 11) is 0. The lowest BCUT2D eigenvalue weighted by molar-refractivity contribution is -0.479. The number of aryl methyl sites for hydroxylation is 2. The lowest BCUT2D eigenvalue weighted by Crippen LogP contribution is -2.11. The Hall–Kier alpha value is -2.17. The molecule has 7 nitrogen and oxygen atoms in total. The standard InChI is InChI=1S/C21H20Br2N4O3S/c1-4-8-30-20-17(22)10-15(11-18(20)23)19(12-26(28)29)31-21-25-24-14(3)27(21)16-7-5-6-13(2)9-16/h4-7,9-11,19H,1,8,12H2,2-3H3/t19-/m0/s1. The normalized spacial score (nSPS) is 11.9. The highest BCUT2D eigenvalue weighted by Crippen LogP contribution is 2.42. The van der Waals surface area contributed by atoms with Crippen molar-refractivity contribution in [2.24, 2.45) is 0 Å². The summed E-state index contributed by atoms with van der Waals surface area (Å²) in [5.74, 6) is 1.33. The first-order valence-corrected chi connectivity index (χ1v) is 11.8. The zero-order chi connectivity index (χ0) is 22.5. The Balaban J connectivity index is 1.99. The number of rotatable bonds is 9. The van der Waals surface area contributed by atoms with Gasteiger partial charge in [-0.3, -0.25) is 14.7 Å². The lowest BCUT2D eigenvalue weighted by Gasteiger charge is -2.17. The maximum Gasteiger partial charge on any atom is 0.220 e. The van der Waals surface area contributed by atoms with E-state index in [2.05, 4.69) is 48.6 Å².